The monoisotopic (exact) mass is 277 g/mol. The smallest absolute Gasteiger partial charge is 0.370 e. The van der Waals surface area contributed by atoms with Crippen LogP contribution in [0, 0.1) is 0 Å². The molecule has 0 amide bonds. The van der Waals surface area contributed by atoms with Gasteiger partial charge in [-0.1, -0.05) is 5.16 Å². The van der Waals surface area contributed by atoms with Crippen LogP contribution in [0.15, 0.2) is 4.52 Å². The van der Waals surface area contributed by atoms with Gasteiger partial charge in [0.15, 0.2) is 5.41 Å². The van der Waals surface area contributed by atoms with Crippen LogP contribution in [0.1, 0.15) is 37.1 Å². The maximum atomic E-state index is 13.3. The van der Waals surface area contributed by atoms with Crippen molar-refractivity contribution in [3.8, 4) is 0 Å². The molecule has 0 aliphatic carbocycles. The summed E-state index contributed by atoms with van der Waals surface area (Å²) in [6.07, 6.45) is -3.24. The second-order valence-electron chi connectivity index (χ2n) is 4.97. The highest BCUT2D eigenvalue weighted by Crippen LogP contribution is 2.45. The first-order valence-corrected chi connectivity index (χ1v) is 6.26. The van der Waals surface area contributed by atoms with E-state index in [9.17, 15) is 13.2 Å². The van der Waals surface area contributed by atoms with Crippen molar-refractivity contribution in [1.29, 1.82) is 0 Å². The molecule has 3 heterocycles. The van der Waals surface area contributed by atoms with Crippen molar-refractivity contribution in [2.75, 3.05) is 19.7 Å². The Balaban J connectivity index is 1.91. The van der Waals surface area contributed by atoms with Gasteiger partial charge < -0.3 is 14.6 Å². The van der Waals surface area contributed by atoms with Crippen molar-refractivity contribution in [3.63, 3.8) is 0 Å². The number of hydrogen-bond acceptors (Lipinski definition) is 5. The first kappa shape index (κ1) is 12.9. The number of rotatable bonds is 2. The van der Waals surface area contributed by atoms with Gasteiger partial charge in [-0.25, -0.2) is 0 Å². The Morgan fingerprint density at radius 1 is 1.37 bits per heavy atom. The average Bonchev–Trinajstić information content (AvgIpc) is 3.10. The topological polar surface area (TPSA) is 60.2 Å². The normalized spacial score (nSPS) is 32.1. The van der Waals surface area contributed by atoms with E-state index in [-0.39, 0.29) is 37.3 Å². The first-order chi connectivity index (χ1) is 9.03. The Morgan fingerprint density at radius 3 is 2.79 bits per heavy atom. The van der Waals surface area contributed by atoms with Gasteiger partial charge in [-0.2, -0.15) is 18.2 Å². The van der Waals surface area contributed by atoms with Crippen LogP contribution in [-0.4, -0.2) is 36.0 Å². The molecule has 0 saturated carbocycles. The van der Waals surface area contributed by atoms with Crippen molar-refractivity contribution in [2.24, 2.45) is 0 Å². The fourth-order valence-electron chi connectivity index (χ4n) is 2.58. The molecule has 2 fully saturated rings. The van der Waals surface area contributed by atoms with E-state index >= 15 is 0 Å². The van der Waals surface area contributed by atoms with Gasteiger partial charge in [-0.05, 0) is 25.8 Å². The molecule has 2 aliphatic heterocycles. The van der Waals surface area contributed by atoms with Crippen molar-refractivity contribution in [2.45, 2.75) is 37.0 Å². The SMILES string of the molecule is FC(F)(F)C1(c2nc(C3CCCO3)no2)CCNC1. The lowest BCUT2D eigenvalue weighted by atomic mass is 9.86. The molecule has 8 heteroatoms. The molecule has 2 unspecified atom stereocenters. The lowest BCUT2D eigenvalue weighted by Gasteiger charge is -2.26. The lowest BCUT2D eigenvalue weighted by molar-refractivity contribution is -0.191. The van der Waals surface area contributed by atoms with Gasteiger partial charge >= 0.3 is 6.18 Å². The van der Waals surface area contributed by atoms with Crippen LogP contribution in [0.25, 0.3) is 0 Å². The first-order valence-electron chi connectivity index (χ1n) is 6.26. The van der Waals surface area contributed by atoms with Crippen molar-refractivity contribution < 1.29 is 22.4 Å². The minimum Gasteiger partial charge on any atom is -0.370 e. The largest absolute Gasteiger partial charge is 0.404 e. The van der Waals surface area contributed by atoms with E-state index in [0.717, 1.165) is 12.8 Å². The van der Waals surface area contributed by atoms with Crippen molar-refractivity contribution >= 4 is 0 Å². The molecule has 0 radical (unpaired) electrons. The predicted octanol–water partition coefficient (Wildman–Crippen LogP) is 1.71. The molecule has 106 valence electrons. The number of nitrogens with zero attached hydrogens (tertiary/aromatic N) is 2. The Kier molecular flexibility index (Phi) is 3.01. The second kappa shape index (κ2) is 4.45. The predicted molar refractivity (Wildman–Crippen MR) is 57.4 cm³/mol. The van der Waals surface area contributed by atoms with Gasteiger partial charge in [0.25, 0.3) is 0 Å². The Labute approximate surface area is 107 Å². The Hall–Kier alpha value is -1.15. The summed E-state index contributed by atoms with van der Waals surface area (Å²) in [6, 6.07) is 0. The minimum absolute atomic E-state index is 0.0797. The number of halogens is 3. The third-order valence-corrected chi connectivity index (χ3v) is 3.77. The molecular formula is C11H14F3N3O2. The zero-order valence-corrected chi connectivity index (χ0v) is 10.2. The molecular weight excluding hydrogens is 263 g/mol. The van der Waals surface area contributed by atoms with E-state index in [2.05, 4.69) is 15.5 Å². The van der Waals surface area contributed by atoms with Gasteiger partial charge in [0, 0.05) is 13.2 Å². The van der Waals surface area contributed by atoms with Crippen LogP contribution in [0.3, 0.4) is 0 Å². The Bertz CT molecular complexity index is 448. The summed E-state index contributed by atoms with van der Waals surface area (Å²) in [4.78, 5) is 3.95. The summed E-state index contributed by atoms with van der Waals surface area (Å²) in [7, 11) is 0. The van der Waals surface area contributed by atoms with Gasteiger partial charge in [0.1, 0.15) is 6.10 Å². The summed E-state index contributed by atoms with van der Waals surface area (Å²) in [6.45, 7) is 0.654. The van der Waals surface area contributed by atoms with Crippen LogP contribution >= 0.6 is 0 Å². The molecule has 5 nitrogen and oxygen atoms in total. The number of ether oxygens (including phenoxy) is 1. The number of nitrogens with one attached hydrogen (secondary N) is 1. The summed E-state index contributed by atoms with van der Waals surface area (Å²) in [5.74, 6) is -0.126. The molecule has 3 rings (SSSR count). The highest BCUT2D eigenvalue weighted by Gasteiger charge is 2.61. The number of aromatic nitrogens is 2. The highest BCUT2D eigenvalue weighted by atomic mass is 19.4. The van der Waals surface area contributed by atoms with Crippen molar-refractivity contribution in [3.05, 3.63) is 11.7 Å². The van der Waals surface area contributed by atoms with E-state index in [1.807, 2.05) is 0 Å². The van der Waals surface area contributed by atoms with Crippen LogP contribution < -0.4 is 5.32 Å². The van der Waals surface area contributed by atoms with Gasteiger partial charge in [0.2, 0.25) is 11.7 Å². The molecule has 1 aromatic heterocycles. The van der Waals surface area contributed by atoms with Crippen LogP contribution in [0.4, 0.5) is 13.2 Å². The van der Waals surface area contributed by atoms with E-state index < -0.39 is 11.6 Å². The van der Waals surface area contributed by atoms with E-state index in [0.29, 0.717) is 6.61 Å². The lowest BCUT2D eigenvalue weighted by Crippen LogP contribution is -2.44. The van der Waals surface area contributed by atoms with E-state index in [4.69, 9.17) is 9.26 Å². The standard InChI is InChI=1S/C11H14F3N3O2/c12-11(13,14)10(3-4-15-6-10)9-16-8(17-19-9)7-2-1-5-18-7/h7,15H,1-6H2. The minimum atomic E-state index is -4.41. The van der Waals surface area contributed by atoms with Gasteiger partial charge in [-0.15, -0.1) is 0 Å². The van der Waals surface area contributed by atoms with Gasteiger partial charge in [-0.3, -0.25) is 0 Å². The molecule has 2 aliphatic rings. The molecule has 1 aromatic rings. The molecule has 0 spiro atoms. The summed E-state index contributed by atoms with van der Waals surface area (Å²) in [5, 5.41) is 6.38. The molecule has 2 saturated heterocycles. The second-order valence-corrected chi connectivity index (χ2v) is 4.97. The molecule has 0 aromatic carbocycles. The van der Waals surface area contributed by atoms with Crippen LogP contribution in [0.2, 0.25) is 0 Å². The molecule has 2 atom stereocenters. The number of hydrogen-bond donors (Lipinski definition) is 1. The quantitative estimate of drug-likeness (QED) is 0.891. The maximum Gasteiger partial charge on any atom is 0.404 e. The Morgan fingerprint density at radius 2 is 2.21 bits per heavy atom. The van der Waals surface area contributed by atoms with E-state index in [1.54, 1.807) is 0 Å². The molecule has 1 N–H and O–H groups in total. The maximum absolute atomic E-state index is 13.3. The summed E-state index contributed by atoms with van der Waals surface area (Å²) >= 11 is 0. The number of alkyl halides is 3. The van der Waals surface area contributed by atoms with Gasteiger partial charge in [0.05, 0.1) is 0 Å². The summed E-state index contributed by atoms with van der Waals surface area (Å²) in [5.41, 5.74) is -2.06. The van der Waals surface area contributed by atoms with Crippen LogP contribution in [-0.2, 0) is 10.2 Å². The average molecular weight is 277 g/mol. The molecule has 19 heavy (non-hydrogen) atoms. The van der Waals surface area contributed by atoms with E-state index in [1.165, 1.54) is 0 Å². The third-order valence-electron chi connectivity index (χ3n) is 3.77. The fourth-order valence-corrected chi connectivity index (χ4v) is 2.58. The van der Waals surface area contributed by atoms with Crippen molar-refractivity contribution in [1.82, 2.24) is 15.5 Å². The third kappa shape index (κ3) is 2.02. The summed E-state index contributed by atoms with van der Waals surface area (Å²) < 4.78 is 50.1. The fraction of sp³-hybridized carbons (Fsp3) is 0.818. The highest BCUT2D eigenvalue weighted by molar-refractivity contribution is 5.15. The zero-order valence-electron chi connectivity index (χ0n) is 10.2. The zero-order chi connectivity index (χ0) is 13.5. The van der Waals surface area contributed by atoms with Crippen LogP contribution in [0.5, 0.6) is 0 Å². The molecule has 0 bridgehead atoms.